The quantitative estimate of drug-likeness (QED) is 0.0844. The number of nitrogens with one attached hydrogen (secondary N) is 2. The van der Waals surface area contributed by atoms with Gasteiger partial charge in [0.05, 0.1) is 13.2 Å². The van der Waals surface area contributed by atoms with E-state index < -0.39 is 0 Å². The fourth-order valence-corrected chi connectivity index (χ4v) is 6.27. The maximum absolute atomic E-state index is 6.01. The van der Waals surface area contributed by atoms with Crippen molar-refractivity contribution in [1.29, 1.82) is 0 Å². The minimum absolute atomic E-state index is 0.342. The Bertz CT molecular complexity index is 1250. The molecule has 4 aromatic carbocycles. The van der Waals surface area contributed by atoms with E-state index in [9.17, 15) is 0 Å². The first-order chi connectivity index (χ1) is 23.0. The molecule has 4 heteroatoms. The van der Waals surface area contributed by atoms with Crippen LogP contribution in [-0.4, -0.2) is 25.3 Å². The van der Waals surface area contributed by atoms with Gasteiger partial charge in [0, 0.05) is 24.2 Å². The second-order valence-corrected chi connectivity index (χ2v) is 13.3. The Balaban J connectivity index is 0.970. The third kappa shape index (κ3) is 14.0. The number of hydrogen-bond donors (Lipinski definition) is 2. The second kappa shape index (κ2) is 20.6. The predicted molar refractivity (Wildman–Crippen MR) is 199 cm³/mol. The average molecular weight is 635 g/mol. The average Bonchev–Trinajstić information content (AvgIpc) is 3.09. The van der Waals surface area contributed by atoms with Gasteiger partial charge in [0.25, 0.3) is 0 Å². The van der Waals surface area contributed by atoms with Crippen LogP contribution < -0.4 is 20.1 Å². The summed E-state index contributed by atoms with van der Waals surface area (Å²) < 4.78 is 12.0. The zero-order chi connectivity index (χ0) is 33.1. The van der Waals surface area contributed by atoms with Crippen molar-refractivity contribution in [2.75, 3.05) is 13.2 Å². The van der Waals surface area contributed by atoms with Crippen LogP contribution in [0.5, 0.6) is 11.5 Å². The van der Waals surface area contributed by atoms with Gasteiger partial charge in [-0.1, -0.05) is 117 Å². The Morgan fingerprint density at radius 3 is 1.13 bits per heavy atom. The molecule has 4 atom stereocenters. The number of benzene rings is 4. The molecule has 0 spiro atoms. The van der Waals surface area contributed by atoms with Gasteiger partial charge in [0.15, 0.2) is 0 Å². The highest BCUT2D eigenvalue weighted by molar-refractivity contribution is 5.29. The third-order valence-corrected chi connectivity index (χ3v) is 8.92. The fraction of sp³-hybridized carbons (Fsp3) is 0.442. The van der Waals surface area contributed by atoms with Crippen LogP contribution in [0.2, 0.25) is 0 Å². The Labute approximate surface area is 285 Å². The number of unbranched alkanes of at least 4 members (excludes halogenated alkanes) is 6. The molecule has 0 aromatic heterocycles. The van der Waals surface area contributed by atoms with Gasteiger partial charge in [0.1, 0.15) is 11.5 Å². The van der Waals surface area contributed by atoms with Gasteiger partial charge < -0.3 is 20.1 Å². The van der Waals surface area contributed by atoms with E-state index >= 15 is 0 Å². The van der Waals surface area contributed by atoms with Crippen LogP contribution in [0, 0.1) is 0 Å². The van der Waals surface area contributed by atoms with E-state index in [1.165, 1.54) is 54.4 Å². The standard InChI is InChI=1S/C43H58N2O2/c1-34(44-36(3)40-18-12-10-13-19-40)32-38-22-26-42(27-23-38)46-30-16-8-6-5-7-9-17-31-47-43-28-24-39(25-29-43)33-35(2)45-37(4)41-20-14-11-15-21-41/h10-15,18-29,34-37,44-45H,5-9,16-17,30-33H2,1-4H3/t34-,35-,36-,37-/m1/s1. The highest BCUT2D eigenvalue weighted by Gasteiger charge is 2.11. The molecule has 0 fully saturated rings. The zero-order valence-corrected chi connectivity index (χ0v) is 29.3. The van der Waals surface area contributed by atoms with Crippen LogP contribution in [0.4, 0.5) is 0 Å². The summed E-state index contributed by atoms with van der Waals surface area (Å²) in [6.07, 6.45) is 10.5. The van der Waals surface area contributed by atoms with Crippen molar-refractivity contribution in [2.45, 2.75) is 110 Å². The van der Waals surface area contributed by atoms with Crippen LogP contribution in [0.15, 0.2) is 109 Å². The van der Waals surface area contributed by atoms with Crippen molar-refractivity contribution in [1.82, 2.24) is 10.6 Å². The van der Waals surface area contributed by atoms with Crippen molar-refractivity contribution in [2.24, 2.45) is 0 Å². The van der Waals surface area contributed by atoms with Crippen molar-refractivity contribution in [3.05, 3.63) is 131 Å². The molecule has 2 N–H and O–H groups in total. The molecule has 252 valence electrons. The molecule has 0 aliphatic rings. The summed E-state index contributed by atoms with van der Waals surface area (Å²) in [5.41, 5.74) is 5.33. The lowest BCUT2D eigenvalue weighted by Crippen LogP contribution is -2.30. The monoisotopic (exact) mass is 634 g/mol. The maximum atomic E-state index is 6.01. The van der Waals surface area contributed by atoms with Crippen molar-refractivity contribution >= 4 is 0 Å². The molecule has 4 aromatic rings. The minimum atomic E-state index is 0.342. The summed E-state index contributed by atoms with van der Waals surface area (Å²) in [5, 5.41) is 7.43. The summed E-state index contributed by atoms with van der Waals surface area (Å²) in [6, 6.07) is 40.0. The Hall–Kier alpha value is -3.60. The van der Waals surface area contributed by atoms with Gasteiger partial charge >= 0.3 is 0 Å². The number of rotatable bonds is 22. The molecule has 0 aliphatic carbocycles. The summed E-state index contributed by atoms with van der Waals surface area (Å²) >= 11 is 0. The van der Waals surface area contributed by atoms with Gasteiger partial charge in [-0.3, -0.25) is 0 Å². The van der Waals surface area contributed by atoms with Gasteiger partial charge in [-0.05, 0) is 99.9 Å². The van der Waals surface area contributed by atoms with E-state index in [0.29, 0.717) is 24.2 Å². The number of hydrogen-bond acceptors (Lipinski definition) is 4. The van der Waals surface area contributed by atoms with E-state index in [4.69, 9.17) is 9.47 Å². The Kier molecular flexibility index (Phi) is 15.9. The van der Waals surface area contributed by atoms with Crippen LogP contribution in [0.3, 0.4) is 0 Å². The van der Waals surface area contributed by atoms with Crippen molar-refractivity contribution < 1.29 is 9.47 Å². The third-order valence-electron chi connectivity index (χ3n) is 8.92. The zero-order valence-electron chi connectivity index (χ0n) is 29.3. The van der Waals surface area contributed by atoms with E-state index in [1.807, 2.05) is 0 Å². The van der Waals surface area contributed by atoms with E-state index in [2.05, 4.69) is 148 Å². The van der Waals surface area contributed by atoms with Gasteiger partial charge in [-0.2, -0.15) is 0 Å². The summed E-state index contributed by atoms with van der Waals surface area (Å²) in [7, 11) is 0. The molecule has 4 nitrogen and oxygen atoms in total. The molecule has 0 saturated heterocycles. The predicted octanol–water partition coefficient (Wildman–Crippen LogP) is 10.4. The molecule has 47 heavy (non-hydrogen) atoms. The van der Waals surface area contributed by atoms with Crippen LogP contribution >= 0.6 is 0 Å². The minimum Gasteiger partial charge on any atom is -0.494 e. The Morgan fingerprint density at radius 2 is 0.766 bits per heavy atom. The highest BCUT2D eigenvalue weighted by Crippen LogP contribution is 2.19. The maximum Gasteiger partial charge on any atom is 0.119 e. The molecule has 0 radical (unpaired) electrons. The Morgan fingerprint density at radius 1 is 0.426 bits per heavy atom. The molecule has 0 unspecified atom stereocenters. The van der Waals surface area contributed by atoms with E-state index in [1.54, 1.807) is 0 Å². The molecule has 0 heterocycles. The first-order valence-corrected chi connectivity index (χ1v) is 18.0. The highest BCUT2D eigenvalue weighted by atomic mass is 16.5. The molecule has 0 saturated carbocycles. The van der Waals surface area contributed by atoms with Crippen LogP contribution in [0.25, 0.3) is 0 Å². The van der Waals surface area contributed by atoms with Crippen molar-refractivity contribution in [3.8, 4) is 11.5 Å². The first-order valence-electron chi connectivity index (χ1n) is 18.0. The largest absolute Gasteiger partial charge is 0.494 e. The molecule has 0 bridgehead atoms. The molecule has 0 amide bonds. The topological polar surface area (TPSA) is 42.5 Å². The van der Waals surface area contributed by atoms with Gasteiger partial charge in [-0.25, -0.2) is 0 Å². The fourth-order valence-electron chi connectivity index (χ4n) is 6.27. The SMILES string of the molecule is C[C@H](Cc1ccc(OCCCCCCCCCOc2ccc(C[C@@H](C)N[C@H](C)c3ccccc3)cc2)cc1)N[C@H](C)c1ccccc1. The van der Waals surface area contributed by atoms with E-state index in [0.717, 1.165) is 50.4 Å². The normalized spacial score (nSPS) is 13.9. The second-order valence-electron chi connectivity index (χ2n) is 13.3. The lowest BCUT2D eigenvalue weighted by Gasteiger charge is -2.20. The molecule has 0 aliphatic heterocycles. The van der Waals surface area contributed by atoms with Crippen LogP contribution in [0.1, 0.15) is 107 Å². The summed E-state index contributed by atoms with van der Waals surface area (Å²) in [5.74, 6) is 1.95. The number of ether oxygens (including phenoxy) is 2. The first kappa shape index (κ1) is 36.2. The van der Waals surface area contributed by atoms with Gasteiger partial charge in [-0.15, -0.1) is 0 Å². The summed E-state index contributed by atoms with van der Waals surface area (Å²) in [4.78, 5) is 0. The smallest absolute Gasteiger partial charge is 0.119 e. The van der Waals surface area contributed by atoms with Crippen LogP contribution in [-0.2, 0) is 12.8 Å². The molecule has 4 rings (SSSR count). The van der Waals surface area contributed by atoms with Gasteiger partial charge in [0.2, 0.25) is 0 Å². The lowest BCUT2D eigenvalue weighted by molar-refractivity contribution is 0.299. The molecular weight excluding hydrogens is 576 g/mol. The summed E-state index contributed by atoms with van der Waals surface area (Å²) in [6.45, 7) is 10.6. The lowest BCUT2D eigenvalue weighted by atomic mass is 10.0. The van der Waals surface area contributed by atoms with Crippen molar-refractivity contribution in [3.63, 3.8) is 0 Å². The van der Waals surface area contributed by atoms with E-state index in [-0.39, 0.29) is 0 Å². The molecular formula is C43H58N2O2.